The molecular weight excluding hydrogens is 548 g/mol. The van der Waals surface area contributed by atoms with Gasteiger partial charge in [-0.2, -0.15) is 0 Å². The van der Waals surface area contributed by atoms with Gasteiger partial charge < -0.3 is 23.7 Å². The van der Waals surface area contributed by atoms with Crippen LogP contribution in [0.1, 0.15) is 44.3 Å². The Morgan fingerprint density at radius 1 is 0.683 bits per heavy atom. The first-order chi connectivity index (χ1) is 19.7. The molecule has 0 aromatic heterocycles. The Hall–Kier alpha value is -4.31. The molecule has 9 nitrogen and oxygen atoms in total. The highest BCUT2D eigenvalue weighted by Crippen LogP contribution is 2.40. The summed E-state index contributed by atoms with van der Waals surface area (Å²) in [5.74, 6) is -1.89. The van der Waals surface area contributed by atoms with E-state index in [4.69, 9.17) is 23.7 Å². The number of carbonyl (C=O) groups is 4. The molecule has 0 bridgehead atoms. The Morgan fingerprint density at radius 2 is 1.27 bits per heavy atom. The van der Waals surface area contributed by atoms with Gasteiger partial charge in [-0.05, 0) is 43.7 Å². The van der Waals surface area contributed by atoms with E-state index in [9.17, 15) is 19.2 Å². The highest BCUT2D eigenvalue weighted by molar-refractivity contribution is 8.00. The lowest BCUT2D eigenvalue weighted by Gasteiger charge is -2.25. The Morgan fingerprint density at radius 3 is 1.85 bits per heavy atom. The summed E-state index contributed by atoms with van der Waals surface area (Å²) in [6.07, 6.45) is -3.40. The first-order valence-corrected chi connectivity index (χ1v) is 13.9. The van der Waals surface area contributed by atoms with Crippen LogP contribution in [0.25, 0.3) is 0 Å². The number of ether oxygens (including phenoxy) is 5. The molecule has 0 saturated carbocycles. The second kappa shape index (κ2) is 13.8. The molecule has 41 heavy (non-hydrogen) atoms. The number of benzene rings is 3. The molecule has 1 aliphatic rings. The number of hydrogen-bond donors (Lipinski definition) is 0. The smallest absolute Gasteiger partial charge is 0.461 e. The van der Waals surface area contributed by atoms with E-state index >= 15 is 0 Å². The van der Waals surface area contributed by atoms with Gasteiger partial charge in [-0.1, -0.05) is 65.7 Å². The molecule has 214 valence electrons. The van der Waals surface area contributed by atoms with Crippen molar-refractivity contribution in [1.29, 1.82) is 0 Å². The molecule has 1 saturated heterocycles. The normalized spacial score (nSPS) is 19.6. The van der Waals surface area contributed by atoms with Crippen LogP contribution in [0, 0.1) is 13.8 Å². The average Bonchev–Trinajstić information content (AvgIpc) is 3.26. The summed E-state index contributed by atoms with van der Waals surface area (Å²) in [6.45, 7) is 4.74. The van der Waals surface area contributed by atoms with Crippen LogP contribution in [0.2, 0.25) is 0 Å². The van der Waals surface area contributed by atoms with Crippen molar-refractivity contribution < 1.29 is 42.9 Å². The molecular formula is C31H30O9S. The van der Waals surface area contributed by atoms with Crippen molar-refractivity contribution in [3.63, 3.8) is 0 Å². The van der Waals surface area contributed by atoms with Gasteiger partial charge >= 0.3 is 24.1 Å². The maximum Gasteiger partial charge on any atom is 0.509 e. The van der Waals surface area contributed by atoms with E-state index in [0.717, 1.165) is 28.5 Å². The molecule has 4 atom stereocenters. The largest absolute Gasteiger partial charge is 0.509 e. The van der Waals surface area contributed by atoms with E-state index in [1.165, 1.54) is 6.92 Å². The average molecular weight is 579 g/mol. The van der Waals surface area contributed by atoms with Gasteiger partial charge in [0.1, 0.15) is 13.2 Å². The Kier molecular flexibility index (Phi) is 10.0. The third-order valence-corrected chi connectivity index (χ3v) is 7.56. The minimum absolute atomic E-state index is 0.0524. The van der Waals surface area contributed by atoms with E-state index in [1.807, 2.05) is 19.9 Å². The highest BCUT2D eigenvalue weighted by Gasteiger charge is 2.52. The predicted molar refractivity (Wildman–Crippen MR) is 150 cm³/mol. The summed E-state index contributed by atoms with van der Waals surface area (Å²) < 4.78 is 27.6. The van der Waals surface area contributed by atoms with Gasteiger partial charge in [-0.25, -0.2) is 14.4 Å². The number of esters is 3. The zero-order chi connectivity index (χ0) is 29.4. The van der Waals surface area contributed by atoms with E-state index < -0.39 is 47.0 Å². The van der Waals surface area contributed by atoms with Crippen LogP contribution in [-0.2, 0) is 35.1 Å². The summed E-state index contributed by atoms with van der Waals surface area (Å²) in [5, 5.41) is -0.727. The molecule has 4 rings (SSSR count). The second-order valence-corrected chi connectivity index (χ2v) is 10.8. The zero-order valence-electron chi connectivity index (χ0n) is 22.8. The maximum atomic E-state index is 13.1. The standard InChI is InChI=1S/C31H30O9S/c1-19-9-13-23(14-10-19)28(33)36-18-25-26(39-29(34)24-15-11-20(2)12-16-24)27(30(41-25)38-21(3)32)40-31(35)37-17-22-7-5-4-6-8-22/h4-16,25-27,30H,17-18H2,1-3H3/t25-,26+,27+,30?/m1/s1. The van der Waals surface area contributed by atoms with Crippen molar-refractivity contribution in [2.24, 2.45) is 0 Å². The third kappa shape index (κ3) is 8.34. The SMILES string of the molecule is CC(=O)OC1S[C@H](COC(=O)c2ccc(C)cc2)[C@H](OC(=O)c2ccc(C)cc2)[C@@H]1OC(=O)OCc1ccccc1. The molecule has 0 spiro atoms. The van der Waals surface area contributed by atoms with Gasteiger partial charge in [-0.15, -0.1) is 11.8 Å². The van der Waals surface area contributed by atoms with Crippen LogP contribution in [-0.4, -0.2) is 53.6 Å². The van der Waals surface area contributed by atoms with E-state index in [0.29, 0.717) is 5.56 Å². The summed E-state index contributed by atoms with van der Waals surface area (Å²) >= 11 is 1.06. The minimum Gasteiger partial charge on any atom is -0.461 e. The summed E-state index contributed by atoms with van der Waals surface area (Å²) in [6, 6.07) is 22.6. The third-order valence-electron chi connectivity index (χ3n) is 6.18. The molecule has 3 aromatic carbocycles. The first-order valence-electron chi connectivity index (χ1n) is 12.9. The van der Waals surface area contributed by atoms with E-state index in [-0.39, 0.29) is 18.8 Å². The topological polar surface area (TPSA) is 114 Å². The number of rotatable bonds is 9. The Bertz CT molecular complexity index is 1360. The van der Waals surface area contributed by atoms with Gasteiger partial charge in [0.05, 0.1) is 16.4 Å². The van der Waals surface area contributed by atoms with Crippen LogP contribution in [0.5, 0.6) is 0 Å². The van der Waals surface area contributed by atoms with Crippen LogP contribution in [0.4, 0.5) is 4.79 Å². The van der Waals surface area contributed by atoms with Gasteiger partial charge in [0.25, 0.3) is 0 Å². The van der Waals surface area contributed by atoms with Gasteiger partial charge in [-0.3, -0.25) is 4.79 Å². The minimum atomic E-state index is -1.23. The van der Waals surface area contributed by atoms with Crippen molar-refractivity contribution in [2.75, 3.05) is 6.61 Å². The molecule has 0 aliphatic carbocycles. The molecule has 10 heteroatoms. The van der Waals surface area contributed by atoms with Crippen LogP contribution in [0.15, 0.2) is 78.9 Å². The zero-order valence-corrected chi connectivity index (χ0v) is 23.6. The number of aryl methyl sites for hydroxylation is 2. The van der Waals surface area contributed by atoms with Gasteiger partial charge in [0.15, 0.2) is 17.6 Å². The molecule has 1 unspecified atom stereocenters. The van der Waals surface area contributed by atoms with Crippen LogP contribution >= 0.6 is 11.8 Å². The number of carbonyl (C=O) groups excluding carboxylic acids is 4. The van der Waals surface area contributed by atoms with Crippen molar-refractivity contribution in [3.8, 4) is 0 Å². The Labute approximate surface area is 242 Å². The fourth-order valence-electron chi connectivity index (χ4n) is 4.03. The molecule has 0 radical (unpaired) electrons. The lowest BCUT2D eigenvalue weighted by Crippen LogP contribution is -2.42. The van der Waals surface area contributed by atoms with Crippen molar-refractivity contribution in [3.05, 3.63) is 107 Å². The predicted octanol–water partition coefficient (Wildman–Crippen LogP) is 5.41. The second-order valence-electron chi connectivity index (χ2n) is 9.46. The van der Waals surface area contributed by atoms with E-state index in [2.05, 4.69) is 0 Å². The fraction of sp³-hybridized carbons (Fsp3) is 0.290. The Balaban J connectivity index is 1.53. The summed E-state index contributed by atoms with van der Waals surface area (Å²) in [5.41, 5.74) is 2.26. The van der Waals surface area contributed by atoms with Crippen LogP contribution in [0.3, 0.4) is 0 Å². The summed E-state index contributed by atoms with van der Waals surface area (Å²) in [7, 11) is 0. The van der Waals surface area contributed by atoms with E-state index in [1.54, 1.807) is 72.8 Å². The van der Waals surface area contributed by atoms with Gasteiger partial charge in [0.2, 0.25) is 0 Å². The monoisotopic (exact) mass is 578 g/mol. The van der Waals surface area contributed by atoms with Crippen molar-refractivity contribution >= 4 is 35.8 Å². The van der Waals surface area contributed by atoms with Crippen molar-refractivity contribution in [2.45, 2.75) is 50.3 Å². The van der Waals surface area contributed by atoms with Crippen molar-refractivity contribution in [1.82, 2.24) is 0 Å². The summed E-state index contributed by atoms with van der Waals surface area (Å²) in [4.78, 5) is 50.4. The first kappa shape index (κ1) is 29.7. The van der Waals surface area contributed by atoms with Gasteiger partial charge in [0, 0.05) is 6.92 Å². The molecule has 1 heterocycles. The molecule has 0 N–H and O–H groups in total. The molecule has 0 amide bonds. The lowest BCUT2D eigenvalue weighted by atomic mass is 10.1. The highest BCUT2D eigenvalue weighted by atomic mass is 32.2. The lowest BCUT2D eigenvalue weighted by molar-refractivity contribution is -0.149. The quantitative estimate of drug-likeness (QED) is 0.241. The number of hydrogen-bond acceptors (Lipinski definition) is 10. The fourth-order valence-corrected chi connectivity index (χ4v) is 5.44. The number of thioether (sulfide) groups is 1. The molecule has 1 fully saturated rings. The maximum absolute atomic E-state index is 13.1. The molecule has 3 aromatic rings. The molecule has 1 aliphatic heterocycles. The van der Waals surface area contributed by atoms with Crippen LogP contribution < -0.4 is 0 Å².